The van der Waals surface area contributed by atoms with Crippen LogP contribution in [0.25, 0.3) is 10.9 Å². The van der Waals surface area contributed by atoms with Gasteiger partial charge in [0.15, 0.2) is 0 Å². The molecule has 1 aromatic heterocycles. The molecule has 4 heteroatoms. The number of rotatable bonds is 3. The van der Waals surface area contributed by atoms with Crippen molar-refractivity contribution in [1.82, 2.24) is 9.88 Å². The Kier molecular flexibility index (Phi) is 4.28. The third kappa shape index (κ3) is 2.80. The van der Waals surface area contributed by atoms with Gasteiger partial charge in [0, 0.05) is 24.5 Å². The van der Waals surface area contributed by atoms with Crippen molar-refractivity contribution in [1.29, 1.82) is 0 Å². The standard InChI is InChI=1S/C18H24ClN3/c1-12(2)14-10-22(11-16(14)21(3)4)17-9-8-13-6-5-7-15(19)18(13)20-17/h5-9,12,14,16H,10-11H2,1-4H3/t14-,16+/m0/s1. The molecule has 2 atom stereocenters. The van der Waals surface area contributed by atoms with Crippen molar-refractivity contribution in [2.24, 2.45) is 11.8 Å². The lowest BCUT2D eigenvalue weighted by Gasteiger charge is -2.27. The Hall–Kier alpha value is -1.32. The van der Waals surface area contributed by atoms with Crippen LogP contribution in [-0.4, -0.2) is 43.1 Å². The van der Waals surface area contributed by atoms with E-state index in [1.165, 1.54) is 0 Å². The van der Waals surface area contributed by atoms with E-state index in [2.05, 4.69) is 55.9 Å². The summed E-state index contributed by atoms with van der Waals surface area (Å²) in [5.74, 6) is 2.37. The second-order valence-corrected chi connectivity index (χ2v) is 7.23. The minimum absolute atomic E-state index is 0.573. The number of hydrogen-bond donors (Lipinski definition) is 0. The van der Waals surface area contributed by atoms with E-state index < -0.39 is 0 Å². The summed E-state index contributed by atoms with van der Waals surface area (Å²) in [5.41, 5.74) is 0.899. The van der Waals surface area contributed by atoms with Gasteiger partial charge in [-0.1, -0.05) is 37.6 Å². The summed E-state index contributed by atoms with van der Waals surface area (Å²) in [6.07, 6.45) is 0. The highest BCUT2D eigenvalue weighted by molar-refractivity contribution is 6.35. The molecule has 3 rings (SSSR count). The molecule has 1 fully saturated rings. The summed E-state index contributed by atoms with van der Waals surface area (Å²) < 4.78 is 0. The van der Waals surface area contributed by atoms with Gasteiger partial charge in [0.1, 0.15) is 5.82 Å². The maximum absolute atomic E-state index is 6.30. The topological polar surface area (TPSA) is 19.4 Å². The Morgan fingerprint density at radius 3 is 2.59 bits per heavy atom. The summed E-state index contributed by atoms with van der Waals surface area (Å²) in [4.78, 5) is 9.57. The second kappa shape index (κ2) is 6.05. The molecule has 0 unspecified atom stereocenters. The van der Waals surface area contributed by atoms with E-state index in [9.17, 15) is 0 Å². The van der Waals surface area contributed by atoms with Crippen molar-refractivity contribution in [3.8, 4) is 0 Å². The Balaban J connectivity index is 1.93. The van der Waals surface area contributed by atoms with Gasteiger partial charge < -0.3 is 9.80 Å². The maximum atomic E-state index is 6.30. The van der Waals surface area contributed by atoms with Gasteiger partial charge in [0.2, 0.25) is 0 Å². The molecule has 2 heterocycles. The zero-order valence-corrected chi connectivity index (χ0v) is 14.5. The van der Waals surface area contributed by atoms with Gasteiger partial charge in [0.25, 0.3) is 0 Å². The van der Waals surface area contributed by atoms with E-state index in [1.807, 2.05) is 12.1 Å². The van der Waals surface area contributed by atoms with Crippen LogP contribution in [0.2, 0.25) is 5.02 Å². The van der Waals surface area contributed by atoms with Crippen LogP contribution in [0.1, 0.15) is 13.8 Å². The predicted octanol–water partition coefficient (Wildman–Crippen LogP) is 3.91. The number of para-hydroxylation sites is 1. The highest BCUT2D eigenvalue weighted by Gasteiger charge is 2.36. The Morgan fingerprint density at radius 1 is 1.18 bits per heavy atom. The first-order chi connectivity index (χ1) is 10.5. The van der Waals surface area contributed by atoms with Gasteiger partial charge >= 0.3 is 0 Å². The van der Waals surface area contributed by atoms with Crippen LogP contribution < -0.4 is 4.90 Å². The number of benzene rings is 1. The Morgan fingerprint density at radius 2 is 1.95 bits per heavy atom. The van der Waals surface area contributed by atoms with Crippen LogP contribution in [0.5, 0.6) is 0 Å². The summed E-state index contributed by atoms with van der Waals surface area (Å²) in [7, 11) is 4.35. The monoisotopic (exact) mass is 317 g/mol. The molecule has 0 bridgehead atoms. The van der Waals surface area contributed by atoms with Gasteiger partial charge in [-0.15, -0.1) is 0 Å². The maximum Gasteiger partial charge on any atom is 0.129 e. The number of fused-ring (bicyclic) bond motifs is 1. The summed E-state index contributed by atoms with van der Waals surface area (Å²) in [6.45, 7) is 6.72. The van der Waals surface area contributed by atoms with Crippen LogP contribution in [-0.2, 0) is 0 Å². The number of anilines is 1. The summed E-state index contributed by atoms with van der Waals surface area (Å²) >= 11 is 6.30. The number of pyridine rings is 1. The molecule has 0 aliphatic carbocycles. The van der Waals surface area contributed by atoms with Gasteiger partial charge in [-0.2, -0.15) is 0 Å². The minimum Gasteiger partial charge on any atom is -0.355 e. The lowest BCUT2D eigenvalue weighted by molar-refractivity contribution is 0.216. The number of halogens is 1. The molecule has 0 amide bonds. The fraction of sp³-hybridized carbons (Fsp3) is 0.500. The van der Waals surface area contributed by atoms with E-state index in [0.29, 0.717) is 17.9 Å². The molecule has 0 spiro atoms. The van der Waals surface area contributed by atoms with Crippen molar-refractivity contribution >= 4 is 28.3 Å². The van der Waals surface area contributed by atoms with E-state index >= 15 is 0 Å². The number of nitrogens with zero attached hydrogens (tertiary/aromatic N) is 3. The van der Waals surface area contributed by atoms with E-state index in [-0.39, 0.29) is 0 Å². The Bertz CT molecular complexity index is 652. The van der Waals surface area contributed by atoms with Crippen molar-refractivity contribution in [3.63, 3.8) is 0 Å². The normalized spacial score (nSPS) is 22.2. The van der Waals surface area contributed by atoms with E-state index in [4.69, 9.17) is 16.6 Å². The van der Waals surface area contributed by atoms with Crippen LogP contribution in [0.15, 0.2) is 30.3 Å². The fourth-order valence-corrected chi connectivity index (χ4v) is 3.70. The van der Waals surface area contributed by atoms with Gasteiger partial charge in [0.05, 0.1) is 10.5 Å². The molecule has 2 aromatic rings. The molecule has 0 radical (unpaired) electrons. The molecule has 1 saturated heterocycles. The molecule has 3 nitrogen and oxygen atoms in total. The molecule has 1 aliphatic rings. The van der Waals surface area contributed by atoms with E-state index in [1.54, 1.807) is 0 Å². The lowest BCUT2D eigenvalue weighted by atomic mass is 9.91. The number of likely N-dealkylation sites (N-methyl/N-ethyl adjacent to an activating group) is 1. The SMILES string of the molecule is CC(C)[C@@H]1CN(c2ccc3cccc(Cl)c3n2)C[C@H]1N(C)C. The van der Waals surface area contributed by atoms with Crippen LogP contribution in [0.3, 0.4) is 0 Å². The molecule has 118 valence electrons. The largest absolute Gasteiger partial charge is 0.355 e. The third-order valence-electron chi connectivity index (χ3n) is 4.83. The molecular formula is C18H24ClN3. The van der Waals surface area contributed by atoms with Crippen molar-refractivity contribution in [3.05, 3.63) is 35.4 Å². The second-order valence-electron chi connectivity index (χ2n) is 6.82. The molecule has 0 saturated carbocycles. The number of aromatic nitrogens is 1. The predicted molar refractivity (Wildman–Crippen MR) is 94.8 cm³/mol. The van der Waals surface area contributed by atoms with E-state index in [0.717, 1.165) is 34.8 Å². The number of hydrogen-bond acceptors (Lipinski definition) is 3. The minimum atomic E-state index is 0.573. The summed E-state index contributed by atoms with van der Waals surface area (Å²) in [5, 5.41) is 1.82. The Labute approximate surface area is 137 Å². The molecule has 1 aromatic carbocycles. The summed E-state index contributed by atoms with van der Waals surface area (Å²) in [6, 6.07) is 10.7. The lowest BCUT2D eigenvalue weighted by Crippen LogP contribution is -2.37. The van der Waals surface area contributed by atoms with Crippen LogP contribution in [0.4, 0.5) is 5.82 Å². The zero-order chi connectivity index (χ0) is 15.9. The first kappa shape index (κ1) is 15.6. The molecule has 0 N–H and O–H groups in total. The van der Waals surface area contributed by atoms with Gasteiger partial charge in [-0.05, 0) is 44.1 Å². The quantitative estimate of drug-likeness (QED) is 0.855. The fourth-order valence-electron chi connectivity index (χ4n) is 3.48. The molecule has 22 heavy (non-hydrogen) atoms. The first-order valence-corrected chi connectivity index (χ1v) is 8.32. The highest BCUT2D eigenvalue weighted by atomic mass is 35.5. The van der Waals surface area contributed by atoms with Gasteiger partial charge in [-0.3, -0.25) is 0 Å². The highest BCUT2D eigenvalue weighted by Crippen LogP contribution is 2.31. The smallest absolute Gasteiger partial charge is 0.129 e. The molecule has 1 aliphatic heterocycles. The van der Waals surface area contributed by atoms with Crippen LogP contribution >= 0.6 is 11.6 Å². The average molecular weight is 318 g/mol. The third-order valence-corrected chi connectivity index (χ3v) is 5.14. The van der Waals surface area contributed by atoms with Gasteiger partial charge in [-0.25, -0.2) is 4.98 Å². The first-order valence-electron chi connectivity index (χ1n) is 7.94. The molecular weight excluding hydrogens is 294 g/mol. The zero-order valence-electron chi connectivity index (χ0n) is 13.8. The van der Waals surface area contributed by atoms with Crippen molar-refractivity contribution in [2.75, 3.05) is 32.1 Å². The van der Waals surface area contributed by atoms with Crippen molar-refractivity contribution < 1.29 is 0 Å². The van der Waals surface area contributed by atoms with Crippen molar-refractivity contribution in [2.45, 2.75) is 19.9 Å². The van der Waals surface area contributed by atoms with Crippen LogP contribution in [0, 0.1) is 11.8 Å². The average Bonchev–Trinajstić information content (AvgIpc) is 2.93.